The van der Waals surface area contributed by atoms with E-state index < -0.39 is 17.5 Å². The van der Waals surface area contributed by atoms with Crippen LogP contribution in [0.15, 0.2) is 24.2 Å². The van der Waals surface area contributed by atoms with Crippen molar-refractivity contribution in [1.29, 1.82) is 0 Å². The number of aliphatic hydroxyl groups excluding tert-OH is 2. The van der Waals surface area contributed by atoms with Crippen molar-refractivity contribution in [1.82, 2.24) is 0 Å². The molecule has 0 spiro atoms. The molecule has 0 amide bonds. The van der Waals surface area contributed by atoms with E-state index in [1.165, 1.54) is 0 Å². The maximum atomic E-state index is 10.3. The first-order valence-corrected chi connectivity index (χ1v) is 2.56. The summed E-state index contributed by atoms with van der Waals surface area (Å²) in [7, 11) is 0. The Morgan fingerprint density at radius 1 is 1.09 bits per heavy atom. The molecule has 3 N–H and O–H groups in total. The fourth-order valence-corrected chi connectivity index (χ4v) is 0.275. The summed E-state index contributed by atoms with van der Waals surface area (Å²) in [6.45, 7) is 0. The maximum absolute atomic E-state index is 10.3. The summed E-state index contributed by atoms with van der Waals surface area (Å²) in [6, 6.07) is 0. The first kappa shape index (κ1) is 9.22. The minimum Gasteiger partial charge on any atom is -0.512 e. The van der Waals surface area contributed by atoms with Crippen molar-refractivity contribution < 1.29 is 24.9 Å². The van der Waals surface area contributed by atoms with Crippen LogP contribution in [0.5, 0.6) is 0 Å². The van der Waals surface area contributed by atoms with Gasteiger partial charge < -0.3 is 15.3 Å². The number of aliphatic carboxylic acids is 1. The molecule has 5 nitrogen and oxygen atoms in total. The molecule has 0 saturated carbocycles. The molecule has 0 aliphatic carbocycles. The van der Waals surface area contributed by atoms with Gasteiger partial charge in [0.05, 0.1) is 0 Å². The highest BCUT2D eigenvalue weighted by molar-refractivity contribution is 6.37. The van der Waals surface area contributed by atoms with Crippen LogP contribution in [-0.4, -0.2) is 27.1 Å². The molecular weight excluding hydrogens is 152 g/mol. The van der Waals surface area contributed by atoms with Gasteiger partial charge in [0.15, 0.2) is 0 Å². The Kier molecular flexibility index (Phi) is 3.44. The fraction of sp³-hybridized carbons (Fsp3) is 0. The summed E-state index contributed by atoms with van der Waals surface area (Å²) in [6.07, 6.45) is 1.74. The Morgan fingerprint density at radius 3 is 2.00 bits per heavy atom. The van der Waals surface area contributed by atoms with Crippen molar-refractivity contribution >= 4 is 11.8 Å². The van der Waals surface area contributed by atoms with Crippen molar-refractivity contribution in [2.24, 2.45) is 0 Å². The molecule has 60 valence electrons. The monoisotopic (exact) mass is 158 g/mol. The highest BCUT2D eigenvalue weighted by Gasteiger charge is 2.05. The van der Waals surface area contributed by atoms with Gasteiger partial charge in [0, 0.05) is 0 Å². The summed E-state index contributed by atoms with van der Waals surface area (Å²) < 4.78 is 0. The predicted molar refractivity (Wildman–Crippen MR) is 35.1 cm³/mol. The molecule has 0 aromatic rings. The third-order valence-corrected chi connectivity index (χ3v) is 0.749. The molecule has 0 fully saturated rings. The van der Waals surface area contributed by atoms with Gasteiger partial charge in [-0.05, 0) is 12.2 Å². The Labute approximate surface area is 61.9 Å². The number of hydrogen-bond acceptors (Lipinski definition) is 4. The van der Waals surface area contributed by atoms with Crippen molar-refractivity contribution in [2.75, 3.05) is 0 Å². The smallest absolute Gasteiger partial charge is 0.376 e. The van der Waals surface area contributed by atoms with Crippen LogP contribution >= 0.6 is 0 Å². The Bertz CT molecular complexity index is 225. The van der Waals surface area contributed by atoms with E-state index >= 15 is 0 Å². The number of carboxylic acid groups (broad SMARTS) is 1. The van der Waals surface area contributed by atoms with Crippen LogP contribution in [0.1, 0.15) is 0 Å². The minimum atomic E-state index is -1.62. The lowest BCUT2D eigenvalue weighted by atomic mass is 10.3. The van der Waals surface area contributed by atoms with Crippen molar-refractivity contribution in [3.63, 3.8) is 0 Å². The summed E-state index contributed by atoms with van der Waals surface area (Å²) >= 11 is 0. The van der Waals surface area contributed by atoms with Gasteiger partial charge in [0.2, 0.25) is 0 Å². The summed E-state index contributed by atoms with van der Waals surface area (Å²) in [4.78, 5) is 20.1. The molecule has 0 aromatic heterocycles. The lowest BCUT2D eigenvalue weighted by Crippen LogP contribution is -2.08. The van der Waals surface area contributed by atoms with E-state index in [1.807, 2.05) is 0 Å². The number of allylic oxidation sites excluding steroid dienone is 1. The number of aliphatic hydroxyl groups is 2. The first-order chi connectivity index (χ1) is 5.07. The maximum Gasteiger partial charge on any atom is 0.376 e. The molecule has 5 heteroatoms. The average molecular weight is 158 g/mol. The molecule has 0 rings (SSSR count). The number of carbonyl (C=O) groups excluding carboxylic acids is 1. The van der Waals surface area contributed by atoms with Crippen LogP contribution in [0.25, 0.3) is 0 Å². The molecule has 0 atom stereocenters. The lowest BCUT2D eigenvalue weighted by Gasteiger charge is -1.84. The number of rotatable bonds is 3. The summed E-state index contributed by atoms with van der Waals surface area (Å²) in [5.74, 6) is -3.37. The Morgan fingerprint density at radius 2 is 1.64 bits per heavy atom. The number of hydrogen-bond donors (Lipinski definition) is 3. The molecule has 0 aliphatic rings. The molecular formula is C6H6O5. The van der Waals surface area contributed by atoms with E-state index in [2.05, 4.69) is 0 Å². The van der Waals surface area contributed by atoms with Crippen LogP contribution < -0.4 is 0 Å². The van der Waals surface area contributed by atoms with E-state index in [0.717, 1.165) is 6.08 Å². The second kappa shape index (κ2) is 4.10. The van der Waals surface area contributed by atoms with E-state index in [9.17, 15) is 9.59 Å². The van der Waals surface area contributed by atoms with Gasteiger partial charge >= 0.3 is 5.97 Å². The standard InChI is InChI=1S/C6H6O5/c7-3-4(8)1-2-5(9)6(10)11/h1-3,7-8H,(H,10,11)/b2-1+,4-3+. The van der Waals surface area contributed by atoms with Gasteiger partial charge in [-0.3, -0.25) is 4.79 Å². The van der Waals surface area contributed by atoms with Gasteiger partial charge in [-0.1, -0.05) is 0 Å². The van der Waals surface area contributed by atoms with E-state index in [0.29, 0.717) is 12.3 Å². The number of carbonyl (C=O) groups is 2. The van der Waals surface area contributed by atoms with Crippen molar-refractivity contribution in [2.45, 2.75) is 0 Å². The van der Waals surface area contributed by atoms with Crippen LogP contribution in [-0.2, 0) is 9.59 Å². The zero-order valence-electron chi connectivity index (χ0n) is 5.39. The van der Waals surface area contributed by atoms with Crippen molar-refractivity contribution in [3.8, 4) is 0 Å². The topological polar surface area (TPSA) is 94.8 Å². The molecule has 0 aromatic carbocycles. The average Bonchev–Trinajstić information content (AvgIpc) is 1.99. The Balaban J connectivity index is 4.15. The van der Waals surface area contributed by atoms with Gasteiger partial charge in [0.25, 0.3) is 5.78 Å². The fourth-order valence-electron chi connectivity index (χ4n) is 0.275. The highest BCUT2D eigenvalue weighted by atomic mass is 16.4. The molecule has 11 heavy (non-hydrogen) atoms. The zero-order chi connectivity index (χ0) is 8.85. The van der Waals surface area contributed by atoms with E-state index in [-0.39, 0.29) is 0 Å². The molecule has 0 heterocycles. The SMILES string of the molecule is O=C(O)C(=O)/C=C/C(O)=C\O. The van der Waals surface area contributed by atoms with Gasteiger partial charge in [-0.25, -0.2) is 4.79 Å². The molecule has 0 radical (unpaired) electrons. The minimum absolute atomic E-state index is 0.339. The van der Waals surface area contributed by atoms with E-state index in [4.69, 9.17) is 15.3 Å². The second-order valence-electron chi connectivity index (χ2n) is 1.56. The molecule has 0 saturated heterocycles. The highest BCUT2D eigenvalue weighted by Crippen LogP contribution is 1.88. The van der Waals surface area contributed by atoms with Gasteiger partial charge in [0.1, 0.15) is 12.0 Å². The molecule has 0 unspecified atom stereocenters. The lowest BCUT2D eigenvalue weighted by molar-refractivity contribution is -0.146. The zero-order valence-corrected chi connectivity index (χ0v) is 5.39. The van der Waals surface area contributed by atoms with Crippen molar-refractivity contribution in [3.05, 3.63) is 24.2 Å². The summed E-state index contributed by atoms with van der Waals surface area (Å²) in [5, 5.41) is 24.5. The van der Waals surface area contributed by atoms with Crippen LogP contribution in [0, 0.1) is 0 Å². The summed E-state index contributed by atoms with van der Waals surface area (Å²) in [5.41, 5.74) is 0. The van der Waals surface area contributed by atoms with Gasteiger partial charge in [-0.2, -0.15) is 0 Å². The van der Waals surface area contributed by atoms with Crippen LogP contribution in [0.4, 0.5) is 0 Å². The predicted octanol–water partition coefficient (Wildman–Crippen LogP) is 0.154. The van der Waals surface area contributed by atoms with Crippen LogP contribution in [0.3, 0.4) is 0 Å². The number of carboxylic acids is 1. The third-order valence-electron chi connectivity index (χ3n) is 0.749. The second-order valence-corrected chi connectivity index (χ2v) is 1.56. The Hall–Kier alpha value is -1.78. The van der Waals surface area contributed by atoms with Crippen LogP contribution in [0.2, 0.25) is 0 Å². The first-order valence-electron chi connectivity index (χ1n) is 2.56. The van der Waals surface area contributed by atoms with E-state index in [1.54, 1.807) is 0 Å². The molecule has 0 bridgehead atoms. The third kappa shape index (κ3) is 3.74. The number of ketones is 1. The molecule has 0 aliphatic heterocycles. The quantitative estimate of drug-likeness (QED) is 0.235. The normalized spacial score (nSPS) is 11.8. The van der Waals surface area contributed by atoms with Gasteiger partial charge in [-0.15, -0.1) is 0 Å². The largest absolute Gasteiger partial charge is 0.512 e.